The van der Waals surface area contributed by atoms with Gasteiger partial charge in [-0.05, 0) is 74.7 Å². The number of hydrogen-bond acceptors (Lipinski definition) is 5. The van der Waals surface area contributed by atoms with Crippen LogP contribution in [0.15, 0.2) is 41.6 Å². The van der Waals surface area contributed by atoms with Crippen LogP contribution in [-0.2, 0) is 17.9 Å². The Labute approximate surface area is 186 Å². The Morgan fingerprint density at radius 2 is 1.90 bits per heavy atom. The molecule has 0 saturated carbocycles. The van der Waals surface area contributed by atoms with Crippen molar-refractivity contribution >= 4 is 35.0 Å². The van der Waals surface area contributed by atoms with Crippen LogP contribution in [0.4, 0.5) is 5.69 Å². The highest BCUT2D eigenvalue weighted by Crippen LogP contribution is 2.24. The van der Waals surface area contributed by atoms with E-state index in [9.17, 15) is 4.79 Å². The lowest BCUT2D eigenvalue weighted by atomic mass is 10.1. The van der Waals surface area contributed by atoms with Gasteiger partial charge in [0.15, 0.2) is 11.0 Å². The van der Waals surface area contributed by atoms with Crippen molar-refractivity contribution in [3.63, 3.8) is 0 Å². The topological polar surface area (TPSA) is 69.0 Å². The predicted molar refractivity (Wildman–Crippen MR) is 121 cm³/mol. The zero-order valence-corrected chi connectivity index (χ0v) is 19.1. The monoisotopic (exact) mass is 444 g/mol. The smallest absolute Gasteiger partial charge is 0.234 e. The van der Waals surface area contributed by atoms with Crippen molar-refractivity contribution in [2.45, 2.75) is 46.0 Å². The maximum absolute atomic E-state index is 12.3. The van der Waals surface area contributed by atoms with Crippen LogP contribution in [-0.4, -0.2) is 26.4 Å². The van der Waals surface area contributed by atoms with Crippen LogP contribution < -0.4 is 10.1 Å². The van der Waals surface area contributed by atoms with Crippen molar-refractivity contribution in [3.05, 3.63) is 63.9 Å². The first kappa shape index (κ1) is 22.2. The van der Waals surface area contributed by atoms with Crippen molar-refractivity contribution in [1.29, 1.82) is 0 Å². The lowest BCUT2D eigenvalue weighted by Crippen LogP contribution is -2.15. The minimum Gasteiger partial charge on any atom is -0.485 e. The fourth-order valence-electron chi connectivity index (χ4n) is 2.91. The summed E-state index contributed by atoms with van der Waals surface area (Å²) in [6.07, 6.45) is 0. The van der Waals surface area contributed by atoms with Gasteiger partial charge in [-0.25, -0.2) is 0 Å². The molecule has 1 N–H and O–H groups in total. The van der Waals surface area contributed by atoms with Crippen molar-refractivity contribution in [3.8, 4) is 5.75 Å². The third kappa shape index (κ3) is 5.55. The Morgan fingerprint density at radius 3 is 2.60 bits per heavy atom. The molecule has 0 radical (unpaired) electrons. The van der Waals surface area contributed by atoms with E-state index in [1.165, 1.54) is 17.3 Å². The molecule has 158 valence electrons. The summed E-state index contributed by atoms with van der Waals surface area (Å²) in [5.41, 5.74) is 4.10. The molecule has 0 aliphatic heterocycles. The molecule has 3 rings (SSSR count). The van der Waals surface area contributed by atoms with Gasteiger partial charge in [-0.15, -0.1) is 10.2 Å². The van der Waals surface area contributed by atoms with Crippen LogP contribution in [0, 0.1) is 20.8 Å². The van der Waals surface area contributed by atoms with Crippen molar-refractivity contribution in [1.82, 2.24) is 14.8 Å². The molecule has 0 saturated heterocycles. The molecular weight excluding hydrogens is 420 g/mol. The molecule has 1 amide bonds. The first-order chi connectivity index (χ1) is 14.4. The van der Waals surface area contributed by atoms with E-state index in [4.69, 9.17) is 16.3 Å². The second-order valence-corrected chi connectivity index (χ2v) is 8.36. The molecule has 6 nitrogen and oxygen atoms in total. The summed E-state index contributed by atoms with van der Waals surface area (Å²) in [7, 11) is 0. The number of ether oxygens (including phenoxy) is 1. The Hall–Kier alpha value is -2.51. The van der Waals surface area contributed by atoms with Gasteiger partial charge in [0.2, 0.25) is 5.91 Å². The molecule has 0 unspecified atom stereocenters. The lowest BCUT2D eigenvalue weighted by Gasteiger charge is -2.11. The Morgan fingerprint density at radius 1 is 1.10 bits per heavy atom. The molecule has 30 heavy (non-hydrogen) atoms. The summed E-state index contributed by atoms with van der Waals surface area (Å²) in [4.78, 5) is 12.3. The van der Waals surface area contributed by atoms with Gasteiger partial charge >= 0.3 is 0 Å². The first-order valence-corrected chi connectivity index (χ1v) is 11.0. The van der Waals surface area contributed by atoms with E-state index >= 15 is 0 Å². The number of carbonyl (C=O) groups excluding carboxylic acids is 1. The van der Waals surface area contributed by atoms with Gasteiger partial charge in [-0.2, -0.15) is 0 Å². The number of carbonyl (C=O) groups is 1. The first-order valence-electron chi connectivity index (χ1n) is 9.68. The number of nitrogens with one attached hydrogen (secondary N) is 1. The number of aromatic nitrogens is 3. The molecule has 0 spiro atoms. The molecular formula is C22H25ClN4O2S. The SMILES string of the molecule is CCn1c(COc2ccc(Cl)cc2C)nnc1SCC(=O)Nc1ccc(C)c(C)c1. The molecule has 1 heterocycles. The second kappa shape index (κ2) is 10.00. The van der Waals surface area contributed by atoms with Crippen LogP contribution in [0.25, 0.3) is 0 Å². The van der Waals surface area contributed by atoms with E-state index in [2.05, 4.69) is 15.5 Å². The van der Waals surface area contributed by atoms with Crippen molar-refractivity contribution < 1.29 is 9.53 Å². The lowest BCUT2D eigenvalue weighted by molar-refractivity contribution is -0.113. The number of aryl methyl sites for hydroxylation is 3. The quantitative estimate of drug-likeness (QED) is 0.484. The van der Waals surface area contributed by atoms with Crippen molar-refractivity contribution in [2.75, 3.05) is 11.1 Å². The normalized spacial score (nSPS) is 10.8. The third-order valence-corrected chi connectivity index (χ3v) is 5.93. The van der Waals surface area contributed by atoms with Crippen LogP contribution in [0.3, 0.4) is 0 Å². The van der Waals surface area contributed by atoms with Gasteiger partial charge in [0, 0.05) is 17.3 Å². The number of benzene rings is 2. The molecule has 0 aliphatic rings. The molecule has 3 aromatic rings. The second-order valence-electron chi connectivity index (χ2n) is 6.98. The predicted octanol–water partition coefficient (Wildman–Crippen LogP) is 5.19. The van der Waals surface area contributed by atoms with E-state index in [1.807, 2.05) is 62.6 Å². The fraction of sp³-hybridized carbons (Fsp3) is 0.318. The van der Waals surface area contributed by atoms with Crippen LogP contribution in [0.2, 0.25) is 5.02 Å². The highest BCUT2D eigenvalue weighted by Gasteiger charge is 2.14. The number of thioether (sulfide) groups is 1. The summed E-state index contributed by atoms with van der Waals surface area (Å²) in [6, 6.07) is 11.4. The van der Waals surface area contributed by atoms with E-state index in [1.54, 1.807) is 6.07 Å². The molecule has 1 aromatic heterocycles. The number of rotatable bonds is 8. The highest BCUT2D eigenvalue weighted by molar-refractivity contribution is 7.99. The number of halogens is 1. The van der Waals surface area contributed by atoms with Gasteiger partial charge < -0.3 is 14.6 Å². The number of nitrogens with zero attached hydrogens (tertiary/aromatic N) is 3. The number of anilines is 1. The third-order valence-electron chi connectivity index (χ3n) is 4.73. The van der Waals surface area contributed by atoms with Crippen LogP contribution in [0.5, 0.6) is 5.75 Å². The summed E-state index contributed by atoms with van der Waals surface area (Å²) in [5.74, 6) is 1.64. The number of hydrogen-bond donors (Lipinski definition) is 1. The average Bonchev–Trinajstić information content (AvgIpc) is 3.10. The Balaban J connectivity index is 1.59. The van der Waals surface area contributed by atoms with Gasteiger partial charge in [0.25, 0.3) is 0 Å². The zero-order valence-electron chi connectivity index (χ0n) is 17.5. The molecule has 2 aromatic carbocycles. The van der Waals surface area contributed by atoms with Gasteiger partial charge in [-0.3, -0.25) is 4.79 Å². The largest absolute Gasteiger partial charge is 0.485 e. The minimum absolute atomic E-state index is 0.0801. The van der Waals surface area contributed by atoms with Gasteiger partial charge in [0.05, 0.1) is 5.75 Å². The summed E-state index contributed by atoms with van der Waals surface area (Å²) >= 11 is 7.35. The van der Waals surface area contributed by atoms with E-state index < -0.39 is 0 Å². The Bertz CT molecular complexity index is 1050. The van der Waals surface area contributed by atoms with Gasteiger partial charge in [0.1, 0.15) is 12.4 Å². The van der Waals surface area contributed by atoms with Crippen molar-refractivity contribution in [2.24, 2.45) is 0 Å². The summed E-state index contributed by atoms with van der Waals surface area (Å²) in [6.45, 7) is 9.01. The zero-order chi connectivity index (χ0) is 21.7. The molecule has 0 atom stereocenters. The van der Waals surface area contributed by atoms with Crippen LogP contribution >= 0.6 is 23.4 Å². The van der Waals surface area contributed by atoms with E-state index in [0.29, 0.717) is 29.2 Å². The maximum Gasteiger partial charge on any atom is 0.234 e. The standard InChI is InChI=1S/C22H25ClN4O2S/c1-5-27-20(12-29-19-9-7-17(23)10-16(19)4)25-26-22(27)30-13-21(28)24-18-8-6-14(2)15(3)11-18/h6-11H,5,12-13H2,1-4H3,(H,24,28). The average molecular weight is 445 g/mol. The summed E-state index contributed by atoms with van der Waals surface area (Å²) in [5, 5.41) is 12.8. The number of amides is 1. The van der Waals surface area contributed by atoms with E-state index in [0.717, 1.165) is 22.6 Å². The highest BCUT2D eigenvalue weighted by atomic mass is 35.5. The minimum atomic E-state index is -0.0801. The molecule has 8 heteroatoms. The molecule has 0 fully saturated rings. The maximum atomic E-state index is 12.3. The fourth-order valence-corrected chi connectivity index (χ4v) is 3.96. The summed E-state index contributed by atoms with van der Waals surface area (Å²) < 4.78 is 7.85. The van der Waals surface area contributed by atoms with E-state index in [-0.39, 0.29) is 11.7 Å². The molecule has 0 aliphatic carbocycles. The Kier molecular flexibility index (Phi) is 7.39. The molecule has 0 bridgehead atoms. The van der Waals surface area contributed by atoms with Crippen LogP contribution in [0.1, 0.15) is 29.4 Å². The van der Waals surface area contributed by atoms with Gasteiger partial charge in [-0.1, -0.05) is 29.4 Å².